The Morgan fingerprint density at radius 2 is 2.14 bits per heavy atom. The van der Waals surface area contributed by atoms with Gasteiger partial charge in [-0.25, -0.2) is 9.18 Å². The SMILES string of the molecule is COC(=O)C(CO)NC(=O)/C=C/c1ccc(OC)c(F)c1. The van der Waals surface area contributed by atoms with E-state index in [0.29, 0.717) is 5.56 Å². The number of carbonyl (C=O) groups excluding carboxylic acids is 2. The molecule has 0 saturated carbocycles. The third-order valence-electron chi connectivity index (χ3n) is 2.59. The van der Waals surface area contributed by atoms with Crippen molar-refractivity contribution in [1.82, 2.24) is 5.32 Å². The minimum absolute atomic E-state index is 0.0997. The smallest absolute Gasteiger partial charge is 0.330 e. The van der Waals surface area contributed by atoms with Crippen LogP contribution >= 0.6 is 0 Å². The monoisotopic (exact) mass is 297 g/mol. The lowest BCUT2D eigenvalue weighted by Crippen LogP contribution is -2.43. The van der Waals surface area contributed by atoms with Crippen LogP contribution in [0.2, 0.25) is 0 Å². The molecule has 1 unspecified atom stereocenters. The molecule has 0 aliphatic rings. The van der Waals surface area contributed by atoms with Gasteiger partial charge in [-0.3, -0.25) is 4.79 Å². The molecule has 7 heteroatoms. The Hall–Kier alpha value is -2.41. The molecule has 1 atom stereocenters. The summed E-state index contributed by atoms with van der Waals surface area (Å²) in [6.07, 6.45) is 2.48. The molecule has 1 rings (SSSR count). The third kappa shape index (κ3) is 4.88. The molecule has 6 nitrogen and oxygen atoms in total. The number of aliphatic hydroxyl groups is 1. The van der Waals surface area contributed by atoms with E-state index >= 15 is 0 Å². The zero-order chi connectivity index (χ0) is 15.8. The fourth-order valence-corrected chi connectivity index (χ4v) is 1.50. The fraction of sp³-hybridized carbons (Fsp3) is 0.286. The Kier molecular flexibility index (Phi) is 6.35. The van der Waals surface area contributed by atoms with Crippen molar-refractivity contribution >= 4 is 18.0 Å². The summed E-state index contributed by atoms with van der Waals surface area (Å²) in [6.45, 7) is -0.580. The van der Waals surface area contributed by atoms with Crippen molar-refractivity contribution in [1.29, 1.82) is 0 Å². The normalized spacial score (nSPS) is 12.0. The molecule has 2 N–H and O–H groups in total. The summed E-state index contributed by atoms with van der Waals surface area (Å²) in [7, 11) is 2.50. The van der Waals surface area contributed by atoms with Crippen LogP contribution in [0.4, 0.5) is 4.39 Å². The summed E-state index contributed by atoms with van der Waals surface area (Å²) in [5.74, 6) is -1.82. The van der Waals surface area contributed by atoms with Crippen LogP contribution in [-0.4, -0.2) is 43.9 Å². The third-order valence-corrected chi connectivity index (χ3v) is 2.59. The number of hydrogen-bond acceptors (Lipinski definition) is 5. The molecule has 0 bridgehead atoms. The second kappa shape index (κ2) is 8.01. The number of amides is 1. The van der Waals surface area contributed by atoms with E-state index in [1.54, 1.807) is 6.07 Å². The minimum atomic E-state index is -1.14. The highest BCUT2D eigenvalue weighted by Gasteiger charge is 2.19. The number of hydrogen-bond donors (Lipinski definition) is 2. The summed E-state index contributed by atoms with van der Waals surface area (Å²) in [5.41, 5.74) is 0.446. The van der Waals surface area contributed by atoms with Gasteiger partial charge in [0.15, 0.2) is 17.6 Å². The molecule has 0 spiro atoms. The number of nitrogens with one attached hydrogen (secondary N) is 1. The summed E-state index contributed by atoms with van der Waals surface area (Å²) in [5, 5.41) is 11.2. The predicted octanol–water partition coefficient (Wildman–Crippen LogP) is 0.498. The molecule has 0 aliphatic carbocycles. The van der Waals surface area contributed by atoms with Gasteiger partial charge in [-0.15, -0.1) is 0 Å². The van der Waals surface area contributed by atoms with Crippen molar-refractivity contribution in [3.05, 3.63) is 35.7 Å². The van der Waals surface area contributed by atoms with Crippen LogP contribution in [0.3, 0.4) is 0 Å². The average molecular weight is 297 g/mol. The molecule has 0 saturated heterocycles. The van der Waals surface area contributed by atoms with Gasteiger partial charge in [0.05, 0.1) is 20.8 Å². The van der Waals surface area contributed by atoms with Crippen LogP contribution in [-0.2, 0) is 14.3 Å². The predicted molar refractivity (Wildman–Crippen MR) is 73.0 cm³/mol. The van der Waals surface area contributed by atoms with Gasteiger partial charge in [-0.05, 0) is 23.8 Å². The number of esters is 1. The van der Waals surface area contributed by atoms with Crippen molar-refractivity contribution in [3.63, 3.8) is 0 Å². The maximum Gasteiger partial charge on any atom is 0.330 e. The molecular weight excluding hydrogens is 281 g/mol. The molecule has 0 radical (unpaired) electrons. The van der Waals surface area contributed by atoms with E-state index in [0.717, 1.165) is 13.2 Å². The van der Waals surface area contributed by atoms with Gasteiger partial charge in [-0.1, -0.05) is 6.07 Å². The van der Waals surface area contributed by atoms with E-state index in [1.165, 1.54) is 25.3 Å². The quantitative estimate of drug-likeness (QED) is 0.590. The zero-order valence-electron chi connectivity index (χ0n) is 11.6. The van der Waals surface area contributed by atoms with E-state index < -0.39 is 30.3 Å². The zero-order valence-corrected chi connectivity index (χ0v) is 11.6. The summed E-state index contributed by atoms with van der Waals surface area (Å²) in [6, 6.07) is 3.06. The van der Waals surface area contributed by atoms with Gasteiger partial charge in [-0.2, -0.15) is 0 Å². The van der Waals surface area contributed by atoms with Crippen LogP contribution in [0.5, 0.6) is 5.75 Å². The number of methoxy groups -OCH3 is 2. The lowest BCUT2D eigenvalue weighted by Gasteiger charge is -2.11. The van der Waals surface area contributed by atoms with E-state index in [2.05, 4.69) is 10.1 Å². The van der Waals surface area contributed by atoms with Crippen molar-refractivity contribution < 1.29 is 28.6 Å². The first-order valence-corrected chi connectivity index (χ1v) is 6.02. The molecule has 0 heterocycles. The van der Waals surface area contributed by atoms with E-state index in [9.17, 15) is 14.0 Å². The molecule has 114 valence electrons. The molecular formula is C14H16FNO5. The molecule has 21 heavy (non-hydrogen) atoms. The van der Waals surface area contributed by atoms with Gasteiger partial charge < -0.3 is 19.9 Å². The summed E-state index contributed by atoms with van der Waals surface area (Å²) < 4.78 is 22.6. The van der Waals surface area contributed by atoms with Gasteiger partial charge in [0, 0.05) is 6.08 Å². The number of ether oxygens (including phenoxy) is 2. The van der Waals surface area contributed by atoms with Crippen molar-refractivity contribution in [3.8, 4) is 5.75 Å². The van der Waals surface area contributed by atoms with E-state index in [4.69, 9.17) is 9.84 Å². The van der Waals surface area contributed by atoms with Crippen molar-refractivity contribution in [2.24, 2.45) is 0 Å². The Labute approximate surface area is 121 Å². The highest BCUT2D eigenvalue weighted by Crippen LogP contribution is 2.18. The van der Waals surface area contributed by atoms with Gasteiger partial charge in [0.25, 0.3) is 0 Å². The second-order valence-corrected chi connectivity index (χ2v) is 3.99. The largest absolute Gasteiger partial charge is 0.494 e. The number of benzene rings is 1. The highest BCUT2D eigenvalue weighted by atomic mass is 19.1. The lowest BCUT2D eigenvalue weighted by atomic mass is 10.2. The molecule has 1 amide bonds. The van der Waals surface area contributed by atoms with Crippen LogP contribution in [0.15, 0.2) is 24.3 Å². The van der Waals surface area contributed by atoms with Crippen molar-refractivity contribution in [2.45, 2.75) is 6.04 Å². The van der Waals surface area contributed by atoms with E-state index in [-0.39, 0.29) is 5.75 Å². The maximum atomic E-state index is 13.4. The van der Waals surface area contributed by atoms with Gasteiger partial charge in [0.2, 0.25) is 5.91 Å². The summed E-state index contributed by atoms with van der Waals surface area (Å²) in [4.78, 5) is 22.8. The summed E-state index contributed by atoms with van der Waals surface area (Å²) >= 11 is 0. The molecule has 1 aromatic rings. The van der Waals surface area contributed by atoms with Crippen molar-refractivity contribution in [2.75, 3.05) is 20.8 Å². The Bertz CT molecular complexity index is 544. The van der Waals surface area contributed by atoms with Crippen LogP contribution in [0.1, 0.15) is 5.56 Å². The Morgan fingerprint density at radius 3 is 2.67 bits per heavy atom. The van der Waals surface area contributed by atoms with Gasteiger partial charge >= 0.3 is 5.97 Å². The molecule has 1 aromatic carbocycles. The first-order valence-electron chi connectivity index (χ1n) is 6.02. The Balaban J connectivity index is 2.69. The Morgan fingerprint density at radius 1 is 1.43 bits per heavy atom. The van der Waals surface area contributed by atoms with Crippen LogP contribution in [0, 0.1) is 5.82 Å². The maximum absolute atomic E-state index is 13.4. The molecule has 0 aromatic heterocycles. The van der Waals surface area contributed by atoms with E-state index in [1.807, 2.05) is 0 Å². The second-order valence-electron chi connectivity index (χ2n) is 3.99. The first kappa shape index (κ1) is 16.6. The molecule has 0 aliphatic heterocycles. The fourth-order valence-electron chi connectivity index (χ4n) is 1.50. The van der Waals surface area contributed by atoms with Crippen LogP contribution < -0.4 is 10.1 Å². The number of carbonyl (C=O) groups is 2. The van der Waals surface area contributed by atoms with Gasteiger partial charge in [0.1, 0.15) is 0 Å². The standard InChI is InChI=1S/C14H16FNO5/c1-20-12-5-3-9(7-10(12)15)4-6-13(18)16-11(8-17)14(19)21-2/h3-7,11,17H,8H2,1-2H3,(H,16,18)/b6-4+. The van der Waals surface area contributed by atoms with Crippen LogP contribution in [0.25, 0.3) is 6.08 Å². The number of rotatable bonds is 6. The number of aliphatic hydroxyl groups excluding tert-OH is 1. The first-order chi connectivity index (χ1) is 10.0. The number of halogens is 1. The minimum Gasteiger partial charge on any atom is -0.494 e. The topological polar surface area (TPSA) is 84.9 Å². The average Bonchev–Trinajstić information content (AvgIpc) is 2.49. The molecule has 0 fully saturated rings. The lowest BCUT2D eigenvalue weighted by molar-refractivity contribution is -0.145. The highest BCUT2D eigenvalue weighted by molar-refractivity contribution is 5.94.